The van der Waals surface area contributed by atoms with E-state index in [1.807, 2.05) is 12.1 Å². The lowest BCUT2D eigenvalue weighted by atomic mass is 9.77. The maximum absolute atomic E-state index is 12.9. The van der Waals surface area contributed by atoms with E-state index in [1.165, 1.54) is 6.42 Å². The van der Waals surface area contributed by atoms with Gasteiger partial charge in [-0.25, -0.2) is 0 Å². The van der Waals surface area contributed by atoms with E-state index in [4.69, 9.17) is 17.4 Å². The van der Waals surface area contributed by atoms with Crippen LogP contribution in [0.4, 0.5) is 0 Å². The molecule has 166 valence electrons. The molecule has 0 saturated heterocycles. The summed E-state index contributed by atoms with van der Waals surface area (Å²) in [7, 11) is 0. The van der Waals surface area contributed by atoms with E-state index in [1.54, 1.807) is 6.92 Å². The summed E-state index contributed by atoms with van der Waals surface area (Å²) in [4.78, 5) is 12.9. The molecule has 1 aromatic rings. The van der Waals surface area contributed by atoms with Crippen molar-refractivity contribution >= 4 is 18.6 Å². The molecule has 1 aromatic carbocycles. The van der Waals surface area contributed by atoms with Gasteiger partial charge in [-0.1, -0.05) is 74.7 Å². The van der Waals surface area contributed by atoms with Crippen LogP contribution in [-0.4, -0.2) is 17.7 Å². The maximum Gasteiger partial charge on any atom is 0.326 e. The Morgan fingerprint density at radius 1 is 0.966 bits per heavy atom. The lowest BCUT2D eigenvalue weighted by molar-refractivity contribution is -0.146. The second kappa shape index (κ2) is 9.76. The normalized spacial score (nSPS) is 14.7. The molecule has 0 aliphatic rings. The average Bonchev–Trinajstić information content (AvgIpc) is 2.55. The van der Waals surface area contributed by atoms with E-state index < -0.39 is 4.75 Å². The zero-order valence-corrected chi connectivity index (χ0v) is 20.9. The summed E-state index contributed by atoms with van der Waals surface area (Å²) >= 11 is 4.71. The van der Waals surface area contributed by atoms with Crippen molar-refractivity contribution in [3.8, 4) is 5.75 Å². The molecule has 0 amide bonds. The summed E-state index contributed by atoms with van der Waals surface area (Å²) in [6.07, 6.45) is 4.31. The summed E-state index contributed by atoms with van der Waals surface area (Å²) in [6.45, 7) is 19.0. The number of carbonyl (C=O) groups excluding carboxylic acids is 1. The summed E-state index contributed by atoms with van der Waals surface area (Å²) in [5.74, 6) is 0.674. The fraction of sp³-hybridized carbons (Fsp3) is 0.720. The molecule has 3 nitrogen and oxygen atoms in total. The molecule has 0 aromatic heterocycles. The molecular formula is C25H42O3S. The van der Waals surface area contributed by atoms with Gasteiger partial charge in [0.15, 0.2) is 0 Å². The van der Waals surface area contributed by atoms with Crippen molar-refractivity contribution in [1.82, 2.24) is 0 Å². The van der Waals surface area contributed by atoms with Gasteiger partial charge in [0.05, 0.1) is 6.61 Å². The molecule has 0 radical (unpaired) electrons. The highest BCUT2D eigenvalue weighted by molar-refractivity contribution is 7.82. The monoisotopic (exact) mass is 422 g/mol. The lowest BCUT2D eigenvalue weighted by Gasteiger charge is -2.31. The topological polar surface area (TPSA) is 46.5 Å². The fourth-order valence-electron chi connectivity index (χ4n) is 3.31. The Hall–Kier alpha value is -1.16. The molecule has 1 N–H and O–H groups in total. The number of aromatic hydroxyl groups is 1. The van der Waals surface area contributed by atoms with Crippen molar-refractivity contribution in [1.29, 1.82) is 0 Å². The van der Waals surface area contributed by atoms with E-state index in [9.17, 15) is 9.90 Å². The van der Waals surface area contributed by atoms with Crippen LogP contribution in [0.1, 0.15) is 105 Å². The Morgan fingerprint density at radius 2 is 1.45 bits per heavy atom. The zero-order valence-electron chi connectivity index (χ0n) is 20.0. The number of carbonyl (C=O) groups is 1. The van der Waals surface area contributed by atoms with Crippen LogP contribution in [-0.2, 0) is 25.1 Å². The van der Waals surface area contributed by atoms with Crippen molar-refractivity contribution in [3.05, 3.63) is 28.8 Å². The van der Waals surface area contributed by atoms with Crippen LogP contribution in [0.2, 0.25) is 0 Å². The third-order valence-corrected chi connectivity index (χ3v) is 5.79. The molecule has 4 heteroatoms. The number of rotatable bonds is 8. The minimum atomic E-state index is -1.08. The highest BCUT2D eigenvalue weighted by atomic mass is 32.1. The van der Waals surface area contributed by atoms with Crippen molar-refractivity contribution in [2.75, 3.05) is 6.61 Å². The summed E-state index contributed by atoms with van der Waals surface area (Å²) < 4.78 is 4.49. The highest BCUT2D eigenvalue weighted by Crippen LogP contribution is 2.43. The van der Waals surface area contributed by atoms with E-state index in [0.29, 0.717) is 18.3 Å². The Balaban J connectivity index is 3.06. The van der Waals surface area contributed by atoms with Gasteiger partial charge >= 0.3 is 5.97 Å². The van der Waals surface area contributed by atoms with Crippen molar-refractivity contribution in [2.45, 2.75) is 104 Å². The first kappa shape index (κ1) is 25.9. The standard InChI is InChI=1S/C25H42O3S/c1-17(2)13-11-10-12-14-28-22(27)25(9,29)18-15-19(23(3,4)5)21(26)20(16-18)24(6,7)8/h15-17,26,29H,10-14H2,1-9H3. The van der Waals surface area contributed by atoms with Crippen LogP contribution in [0.15, 0.2) is 12.1 Å². The average molecular weight is 423 g/mol. The predicted molar refractivity (Wildman–Crippen MR) is 126 cm³/mol. The van der Waals surface area contributed by atoms with Gasteiger partial charge in [0.25, 0.3) is 0 Å². The second-order valence-electron chi connectivity index (χ2n) is 10.9. The van der Waals surface area contributed by atoms with Crippen LogP contribution in [0.25, 0.3) is 0 Å². The van der Waals surface area contributed by atoms with Gasteiger partial charge < -0.3 is 9.84 Å². The molecule has 0 spiro atoms. The number of ether oxygens (including phenoxy) is 1. The predicted octanol–water partition coefficient (Wildman–Crippen LogP) is 6.89. The van der Waals surface area contributed by atoms with Gasteiger partial charge in [-0.2, -0.15) is 12.6 Å². The van der Waals surface area contributed by atoms with Gasteiger partial charge in [-0.05, 0) is 58.9 Å². The molecule has 1 rings (SSSR count). The summed E-state index contributed by atoms with van der Waals surface area (Å²) in [5, 5.41) is 10.9. The molecular weight excluding hydrogens is 380 g/mol. The van der Waals surface area contributed by atoms with Gasteiger partial charge in [-0.15, -0.1) is 0 Å². The zero-order chi connectivity index (χ0) is 22.6. The van der Waals surface area contributed by atoms with E-state index in [-0.39, 0.29) is 16.8 Å². The third-order valence-electron chi connectivity index (χ3n) is 5.34. The van der Waals surface area contributed by atoms with Crippen molar-refractivity contribution in [3.63, 3.8) is 0 Å². The quantitative estimate of drug-likeness (QED) is 0.272. The molecule has 1 unspecified atom stereocenters. The first-order chi connectivity index (χ1) is 13.1. The van der Waals surface area contributed by atoms with E-state index in [0.717, 1.165) is 36.0 Å². The van der Waals surface area contributed by atoms with E-state index >= 15 is 0 Å². The van der Waals surface area contributed by atoms with Gasteiger partial charge in [0.2, 0.25) is 0 Å². The number of unbranched alkanes of at least 4 members (excludes halogenated alkanes) is 2. The van der Waals surface area contributed by atoms with Gasteiger partial charge in [0.1, 0.15) is 10.5 Å². The molecule has 0 fully saturated rings. The fourth-order valence-corrected chi connectivity index (χ4v) is 3.51. The number of hydrogen-bond acceptors (Lipinski definition) is 4. The van der Waals surface area contributed by atoms with Crippen molar-refractivity contribution < 1.29 is 14.6 Å². The van der Waals surface area contributed by atoms with Crippen LogP contribution < -0.4 is 0 Å². The molecule has 1 atom stereocenters. The van der Waals surface area contributed by atoms with Crippen LogP contribution >= 0.6 is 12.6 Å². The number of benzene rings is 1. The van der Waals surface area contributed by atoms with Crippen molar-refractivity contribution in [2.24, 2.45) is 5.92 Å². The van der Waals surface area contributed by atoms with E-state index in [2.05, 4.69) is 55.4 Å². The molecule has 0 bridgehead atoms. The summed E-state index contributed by atoms with van der Waals surface area (Å²) in [5.41, 5.74) is 1.89. The Kier molecular flexibility index (Phi) is 8.71. The van der Waals surface area contributed by atoms with Crippen LogP contribution in [0.5, 0.6) is 5.75 Å². The SMILES string of the molecule is CC(C)CCCCCOC(=O)C(C)(S)c1cc(C(C)(C)C)c(O)c(C(C)(C)C)c1. The number of phenolic OH excluding ortho intramolecular Hbond substituents is 1. The Bertz CT molecular complexity index is 656. The number of phenols is 1. The van der Waals surface area contributed by atoms with Gasteiger partial charge in [-0.3, -0.25) is 4.79 Å². The number of esters is 1. The minimum Gasteiger partial charge on any atom is -0.507 e. The highest BCUT2D eigenvalue weighted by Gasteiger charge is 2.36. The number of hydrogen-bond donors (Lipinski definition) is 2. The maximum atomic E-state index is 12.9. The van der Waals surface area contributed by atoms with Crippen LogP contribution in [0, 0.1) is 5.92 Å². The molecule has 0 heterocycles. The molecule has 0 aliphatic carbocycles. The first-order valence-corrected chi connectivity index (χ1v) is 11.3. The smallest absolute Gasteiger partial charge is 0.326 e. The molecule has 0 saturated carbocycles. The molecule has 0 aliphatic heterocycles. The lowest BCUT2D eigenvalue weighted by Crippen LogP contribution is -2.30. The Labute approximate surface area is 184 Å². The third kappa shape index (κ3) is 7.24. The molecule has 29 heavy (non-hydrogen) atoms. The minimum absolute atomic E-state index is 0.260. The number of thiol groups is 1. The largest absolute Gasteiger partial charge is 0.507 e. The van der Waals surface area contributed by atoms with Crippen LogP contribution in [0.3, 0.4) is 0 Å². The second-order valence-corrected chi connectivity index (χ2v) is 11.8. The summed E-state index contributed by atoms with van der Waals surface area (Å²) in [6, 6.07) is 3.81. The Morgan fingerprint density at radius 3 is 1.86 bits per heavy atom. The first-order valence-electron chi connectivity index (χ1n) is 10.9. The van der Waals surface area contributed by atoms with Gasteiger partial charge in [0, 0.05) is 0 Å².